The molecule has 0 fully saturated rings. The third kappa shape index (κ3) is 2.07. The van der Waals surface area contributed by atoms with Crippen molar-refractivity contribution in [2.75, 3.05) is 0 Å². The Morgan fingerprint density at radius 3 is 2.56 bits per heavy atom. The number of nitrogens with zero attached hydrogens (tertiary/aromatic N) is 1. The molecule has 7 heteroatoms. The van der Waals surface area contributed by atoms with Crippen LogP contribution in [0.1, 0.15) is 0 Å². The van der Waals surface area contributed by atoms with Crippen LogP contribution in [0.15, 0.2) is 39.9 Å². The van der Waals surface area contributed by atoms with Gasteiger partial charge in [0.1, 0.15) is 11.5 Å². The van der Waals surface area contributed by atoms with Gasteiger partial charge >= 0.3 is 0 Å². The van der Waals surface area contributed by atoms with Crippen molar-refractivity contribution in [3.05, 3.63) is 36.1 Å². The average Bonchev–Trinajstić information content (AvgIpc) is 2.66. The van der Waals surface area contributed by atoms with E-state index in [-0.39, 0.29) is 11.3 Å². The fraction of sp³-hybridized carbons (Fsp3) is 0. The summed E-state index contributed by atoms with van der Waals surface area (Å²) in [6.07, 6.45) is 0. The van der Waals surface area contributed by atoms with Crippen molar-refractivity contribution in [3.63, 3.8) is 0 Å². The zero-order valence-electron chi connectivity index (χ0n) is 7.72. The van der Waals surface area contributed by atoms with Gasteiger partial charge in [-0.2, -0.15) is 0 Å². The number of aromatic nitrogens is 1. The molecule has 2 rings (SSSR count). The minimum Gasteiger partial charge on any atom is -0.343 e. The van der Waals surface area contributed by atoms with Crippen molar-refractivity contribution >= 4 is 19.7 Å². The standard InChI is InChI=1S/C9H5ClFNO3S/c10-16(13,14)9-5-8(12-15-9)6-3-1-2-4-7(6)11/h1-5H. The first-order valence-corrected chi connectivity index (χ1v) is 6.46. The van der Waals surface area contributed by atoms with E-state index in [2.05, 4.69) is 9.68 Å². The molecule has 2 aromatic rings. The molecule has 1 aromatic carbocycles. The Morgan fingerprint density at radius 2 is 2.00 bits per heavy atom. The van der Waals surface area contributed by atoms with Crippen molar-refractivity contribution in [1.29, 1.82) is 0 Å². The van der Waals surface area contributed by atoms with Crippen LogP contribution in [-0.4, -0.2) is 13.6 Å². The average molecular weight is 262 g/mol. The third-order valence-electron chi connectivity index (χ3n) is 1.88. The predicted molar refractivity (Wildman–Crippen MR) is 54.9 cm³/mol. The molecule has 0 saturated carbocycles. The summed E-state index contributed by atoms with van der Waals surface area (Å²) < 4.78 is 39.6. The molecule has 0 N–H and O–H groups in total. The van der Waals surface area contributed by atoms with Crippen LogP contribution in [0, 0.1) is 5.82 Å². The number of hydrogen-bond acceptors (Lipinski definition) is 4. The predicted octanol–water partition coefficient (Wildman–Crippen LogP) is 2.41. The van der Waals surface area contributed by atoms with E-state index >= 15 is 0 Å². The summed E-state index contributed by atoms with van der Waals surface area (Å²) in [6.45, 7) is 0. The minimum atomic E-state index is -3.98. The fourth-order valence-corrected chi connectivity index (χ4v) is 1.77. The highest BCUT2D eigenvalue weighted by Gasteiger charge is 2.18. The number of rotatable bonds is 2. The number of benzene rings is 1. The van der Waals surface area contributed by atoms with Crippen LogP contribution in [0.25, 0.3) is 11.3 Å². The van der Waals surface area contributed by atoms with Gasteiger partial charge in [0.2, 0.25) is 0 Å². The second-order valence-electron chi connectivity index (χ2n) is 2.95. The van der Waals surface area contributed by atoms with Gasteiger partial charge in [0.25, 0.3) is 14.1 Å². The lowest BCUT2D eigenvalue weighted by atomic mass is 10.1. The molecular formula is C9H5ClFNO3S. The molecule has 1 heterocycles. The lowest BCUT2D eigenvalue weighted by Gasteiger charge is -1.95. The Labute approximate surface area is 95.1 Å². The molecule has 0 spiro atoms. The first-order valence-electron chi connectivity index (χ1n) is 4.15. The molecule has 0 aliphatic carbocycles. The maximum absolute atomic E-state index is 13.3. The van der Waals surface area contributed by atoms with Gasteiger partial charge in [-0.25, -0.2) is 12.8 Å². The van der Waals surface area contributed by atoms with E-state index in [1.165, 1.54) is 18.2 Å². The Morgan fingerprint density at radius 1 is 1.31 bits per heavy atom. The van der Waals surface area contributed by atoms with E-state index < -0.39 is 20.0 Å². The summed E-state index contributed by atoms with van der Waals surface area (Å²) >= 11 is 0. The Bertz CT molecular complexity index is 623. The molecule has 0 aliphatic heterocycles. The van der Waals surface area contributed by atoms with E-state index in [1.54, 1.807) is 6.07 Å². The normalized spacial score (nSPS) is 11.6. The maximum Gasteiger partial charge on any atom is 0.297 e. The topological polar surface area (TPSA) is 60.2 Å². The van der Waals surface area contributed by atoms with Gasteiger partial charge in [-0.1, -0.05) is 17.3 Å². The molecule has 0 bridgehead atoms. The summed E-state index contributed by atoms with van der Waals surface area (Å²) in [6, 6.07) is 6.87. The highest BCUT2D eigenvalue weighted by atomic mass is 35.7. The molecule has 84 valence electrons. The van der Waals surface area contributed by atoms with Gasteiger partial charge in [0.05, 0.1) is 0 Å². The van der Waals surface area contributed by atoms with Crippen molar-refractivity contribution in [1.82, 2.24) is 5.16 Å². The SMILES string of the molecule is O=S(=O)(Cl)c1cc(-c2ccccc2F)no1. The smallest absolute Gasteiger partial charge is 0.297 e. The van der Waals surface area contributed by atoms with Crippen molar-refractivity contribution in [2.24, 2.45) is 0 Å². The van der Waals surface area contributed by atoms with Gasteiger partial charge in [0.15, 0.2) is 0 Å². The number of hydrogen-bond donors (Lipinski definition) is 0. The Kier molecular flexibility index (Phi) is 2.69. The summed E-state index contributed by atoms with van der Waals surface area (Å²) in [4.78, 5) is 0. The molecule has 16 heavy (non-hydrogen) atoms. The monoisotopic (exact) mass is 261 g/mol. The van der Waals surface area contributed by atoms with Gasteiger partial charge in [0, 0.05) is 22.3 Å². The highest BCUT2D eigenvalue weighted by molar-refractivity contribution is 8.13. The quantitative estimate of drug-likeness (QED) is 0.779. The van der Waals surface area contributed by atoms with Crippen LogP contribution >= 0.6 is 10.7 Å². The van der Waals surface area contributed by atoms with E-state index in [0.29, 0.717) is 0 Å². The van der Waals surface area contributed by atoms with Crippen LogP contribution in [0.4, 0.5) is 4.39 Å². The summed E-state index contributed by atoms with van der Waals surface area (Å²) in [5, 5.41) is 2.93. The van der Waals surface area contributed by atoms with Crippen molar-refractivity contribution in [3.8, 4) is 11.3 Å². The zero-order chi connectivity index (χ0) is 11.8. The lowest BCUT2D eigenvalue weighted by molar-refractivity contribution is 0.343. The van der Waals surface area contributed by atoms with E-state index in [4.69, 9.17) is 10.7 Å². The molecular weight excluding hydrogens is 257 g/mol. The molecule has 0 radical (unpaired) electrons. The van der Waals surface area contributed by atoms with E-state index in [0.717, 1.165) is 6.07 Å². The molecule has 4 nitrogen and oxygen atoms in total. The van der Waals surface area contributed by atoms with Crippen LogP contribution in [0.3, 0.4) is 0 Å². The molecule has 0 unspecified atom stereocenters. The van der Waals surface area contributed by atoms with Gasteiger partial charge < -0.3 is 4.52 Å². The van der Waals surface area contributed by atoms with Crippen LogP contribution in [0.5, 0.6) is 0 Å². The first kappa shape index (κ1) is 11.1. The summed E-state index contributed by atoms with van der Waals surface area (Å²) in [7, 11) is 1.06. The summed E-state index contributed by atoms with van der Waals surface area (Å²) in [5.74, 6) is -0.519. The second kappa shape index (κ2) is 3.88. The largest absolute Gasteiger partial charge is 0.343 e. The van der Waals surface area contributed by atoms with E-state index in [1.807, 2.05) is 0 Å². The van der Waals surface area contributed by atoms with Crippen LogP contribution < -0.4 is 0 Å². The molecule has 0 atom stereocenters. The highest BCUT2D eigenvalue weighted by Crippen LogP contribution is 2.25. The fourth-order valence-electron chi connectivity index (χ4n) is 1.17. The lowest BCUT2D eigenvalue weighted by Crippen LogP contribution is -1.86. The van der Waals surface area contributed by atoms with Gasteiger partial charge in [-0.3, -0.25) is 0 Å². The van der Waals surface area contributed by atoms with Gasteiger partial charge in [-0.05, 0) is 12.1 Å². The van der Waals surface area contributed by atoms with Gasteiger partial charge in [-0.15, -0.1) is 0 Å². The summed E-state index contributed by atoms with van der Waals surface area (Å²) in [5.41, 5.74) is 0.232. The first-order chi connectivity index (χ1) is 7.48. The number of halogens is 2. The van der Waals surface area contributed by atoms with Crippen LogP contribution in [-0.2, 0) is 9.05 Å². The Balaban J connectivity index is 2.52. The Hall–Kier alpha value is -1.40. The van der Waals surface area contributed by atoms with Crippen molar-refractivity contribution < 1.29 is 17.3 Å². The van der Waals surface area contributed by atoms with Crippen LogP contribution in [0.2, 0.25) is 0 Å². The van der Waals surface area contributed by atoms with Crippen molar-refractivity contribution in [2.45, 2.75) is 5.09 Å². The molecule has 1 aromatic heterocycles. The molecule has 0 amide bonds. The maximum atomic E-state index is 13.3. The second-order valence-corrected chi connectivity index (χ2v) is 5.45. The molecule has 0 saturated heterocycles. The molecule has 0 aliphatic rings. The minimum absolute atomic E-state index is 0.0809. The zero-order valence-corrected chi connectivity index (χ0v) is 9.30. The van der Waals surface area contributed by atoms with E-state index in [9.17, 15) is 12.8 Å². The third-order valence-corrected chi connectivity index (χ3v) is 3.01.